The maximum Gasteiger partial charge on any atom is 0.116 e. The molecule has 3 heteroatoms. The molecule has 3 rings (SSSR count). The van der Waals surface area contributed by atoms with Gasteiger partial charge in [0.1, 0.15) is 5.52 Å². The average Bonchev–Trinajstić information content (AvgIpc) is 2.80. The Hall–Kier alpha value is -2.16. The molecular weight excluding hydrogens is 198 g/mol. The van der Waals surface area contributed by atoms with Crippen molar-refractivity contribution in [2.75, 3.05) is 0 Å². The maximum absolute atomic E-state index is 4.08. The normalized spacial score (nSPS) is 10.8. The largest absolute Gasteiger partial charge is 0.258 e. The van der Waals surface area contributed by atoms with E-state index < -0.39 is 0 Å². The fourth-order valence-corrected chi connectivity index (χ4v) is 1.74. The summed E-state index contributed by atoms with van der Waals surface area (Å²) in [4.78, 5) is 0. The third-order valence-corrected chi connectivity index (χ3v) is 2.51. The van der Waals surface area contributed by atoms with Crippen molar-refractivity contribution in [3.05, 3.63) is 66.1 Å². The summed E-state index contributed by atoms with van der Waals surface area (Å²) in [5.41, 5.74) is 4.12. The van der Waals surface area contributed by atoms with Gasteiger partial charge in [0.25, 0.3) is 0 Å². The number of rotatable bonds is 2. The fourth-order valence-electron chi connectivity index (χ4n) is 1.74. The molecule has 16 heavy (non-hydrogen) atoms. The van der Waals surface area contributed by atoms with E-state index in [-0.39, 0.29) is 0 Å². The summed E-state index contributed by atoms with van der Waals surface area (Å²) < 4.78 is 0. The van der Waals surface area contributed by atoms with Gasteiger partial charge in [0.15, 0.2) is 0 Å². The second-order valence-corrected chi connectivity index (χ2v) is 3.61. The van der Waals surface area contributed by atoms with E-state index >= 15 is 0 Å². The first-order chi connectivity index (χ1) is 7.93. The molecule has 0 saturated heterocycles. The topological polar surface area (TPSA) is 41.6 Å². The number of nitrogens with one attached hydrogen (secondary N) is 1. The van der Waals surface area contributed by atoms with E-state index in [0.717, 1.165) is 22.2 Å². The lowest BCUT2D eigenvalue weighted by molar-refractivity contribution is 0.958. The van der Waals surface area contributed by atoms with Crippen LogP contribution in [0, 0.1) is 6.42 Å². The molecule has 1 N–H and O–H groups in total. The van der Waals surface area contributed by atoms with E-state index in [4.69, 9.17) is 0 Å². The first-order valence-corrected chi connectivity index (χ1v) is 5.13. The summed E-state index contributed by atoms with van der Waals surface area (Å²) in [5, 5.41) is 10.8. The molecule has 0 aliphatic rings. The van der Waals surface area contributed by atoms with E-state index in [1.165, 1.54) is 0 Å². The van der Waals surface area contributed by atoms with E-state index in [1.807, 2.05) is 36.4 Å². The van der Waals surface area contributed by atoms with Gasteiger partial charge in [-0.1, -0.05) is 47.7 Å². The number of aromatic amines is 1. The molecule has 3 aromatic rings. The Balaban J connectivity index is 2.04. The molecule has 1 heterocycles. The van der Waals surface area contributed by atoms with Crippen molar-refractivity contribution < 1.29 is 0 Å². The number of H-pyrrole nitrogens is 1. The van der Waals surface area contributed by atoms with Crippen LogP contribution in [0.15, 0.2) is 48.5 Å². The highest BCUT2D eigenvalue weighted by Crippen LogP contribution is 2.18. The Morgan fingerprint density at radius 3 is 2.69 bits per heavy atom. The molecule has 0 fully saturated rings. The van der Waals surface area contributed by atoms with Gasteiger partial charge in [-0.2, -0.15) is 0 Å². The summed E-state index contributed by atoms with van der Waals surface area (Å²) in [5.74, 6) is 0. The van der Waals surface area contributed by atoms with Crippen molar-refractivity contribution in [3.63, 3.8) is 0 Å². The summed E-state index contributed by atoms with van der Waals surface area (Å²) in [6.45, 7) is 0. The summed E-state index contributed by atoms with van der Waals surface area (Å²) in [7, 11) is 0. The molecule has 0 atom stereocenters. The summed E-state index contributed by atoms with van der Waals surface area (Å²) >= 11 is 0. The van der Waals surface area contributed by atoms with Gasteiger partial charge in [-0.3, -0.25) is 5.10 Å². The highest BCUT2D eigenvalue weighted by Gasteiger charge is 2.04. The van der Waals surface area contributed by atoms with Crippen molar-refractivity contribution in [3.8, 4) is 0 Å². The predicted octanol–water partition coefficient (Wildman–Crippen LogP) is 2.56. The number of benzene rings is 2. The lowest BCUT2D eigenvalue weighted by atomic mass is 10.0. The van der Waals surface area contributed by atoms with Gasteiger partial charge < -0.3 is 0 Å². The monoisotopic (exact) mass is 208 g/mol. The van der Waals surface area contributed by atoms with E-state index in [0.29, 0.717) is 0 Å². The van der Waals surface area contributed by atoms with Crippen LogP contribution >= 0.6 is 0 Å². The number of nitrogens with zero attached hydrogens (tertiary/aromatic N) is 2. The van der Waals surface area contributed by atoms with Crippen LogP contribution in [0.2, 0.25) is 0 Å². The van der Waals surface area contributed by atoms with E-state index in [1.54, 1.807) is 0 Å². The van der Waals surface area contributed by atoms with Crippen molar-refractivity contribution in [1.29, 1.82) is 0 Å². The Kier molecular flexibility index (Phi) is 2.14. The highest BCUT2D eigenvalue weighted by atomic mass is 15.3. The number of hydrogen-bond donors (Lipinski definition) is 1. The smallest absolute Gasteiger partial charge is 0.116 e. The number of aromatic nitrogens is 3. The Bertz CT molecular complexity index is 599. The second kappa shape index (κ2) is 3.77. The molecule has 1 radical (unpaired) electrons. The molecule has 0 amide bonds. The average molecular weight is 208 g/mol. The van der Waals surface area contributed by atoms with Gasteiger partial charge in [-0.05, 0) is 17.2 Å². The number of hydrogen-bond acceptors (Lipinski definition) is 2. The van der Waals surface area contributed by atoms with E-state index in [2.05, 4.69) is 34.0 Å². The molecule has 1 aromatic heterocycles. The fraction of sp³-hybridized carbons (Fsp3) is 0. The number of fused-ring (bicyclic) bond motifs is 1. The molecule has 77 valence electrons. The minimum Gasteiger partial charge on any atom is -0.258 e. The van der Waals surface area contributed by atoms with Gasteiger partial charge >= 0.3 is 0 Å². The molecule has 0 aliphatic heterocycles. The van der Waals surface area contributed by atoms with Gasteiger partial charge in [-0.25, -0.2) is 0 Å². The zero-order valence-corrected chi connectivity index (χ0v) is 8.59. The molecule has 0 aliphatic carbocycles. The van der Waals surface area contributed by atoms with Crippen LogP contribution in [-0.2, 0) is 0 Å². The van der Waals surface area contributed by atoms with Gasteiger partial charge in [0.2, 0.25) is 0 Å². The molecule has 0 saturated carbocycles. The van der Waals surface area contributed by atoms with Crippen LogP contribution in [0.25, 0.3) is 11.0 Å². The van der Waals surface area contributed by atoms with Crippen molar-refractivity contribution in [1.82, 2.24) is 15.4 Å². The molecular formula is C13H10N3. The lowest BCUT2D eigenvalue weighted by Gasteiger charge is -2.01. The van der Waals surface area contributed by atoms with Gasteiger partial charge in [0, 0.05) is 6.42 Å². The van der Waals surface area contributed by atoms with Crippen LogP contribution < -0.4 is 0 Å². The van der Waals surface area contributed by atoms with Gasteiger partial charge in [0.05, 0.1) is 5.52 Å². The zero-order valence-electron chi connectivity index (χ0n) is 8.59. The summed E-state index contributed by atoms with van der Waals surface area (Å²) in [6.07, 6.45) is 2.10. The standard InChI is InChI=1S/C13H10N3/c1-2-5-10(6-3-1)9-11-7-4-8-12-13(11)15-16-14-12/h1-9H,(H,14,15,16). The first-order valence-electron chi connectivity index (χ1n) is 5.13. The lowest BCUT2D eigenvalue weighted by Crippen LogP contribution is -1.86. The molecule has 0 unspecified atom stereocenters. The molecule has 3 nitrogen and oxygen atoms in total. The third-order valence-electron chi connectivity index (χ3n) is 2.51. The van der Waals surface area contributed by atoms with Crippen molar-refractivity contribution in [2.45, 2.75) is 0 Å². The summed E-state index contributed by atoms with van der Waals surface area (Å²) in [6, 6.07) is 16.2. The zero-order chi connectivity index (χ0) is 10.8. The van der Waals surface area contributed by atoms with E-state index in [9.17, 15) is 0 Å². The van der Waals surface area contributed by atoms with Crippen LogP contribution in [-0.4, -0.2) is 15.4 Å². The molecule has 2 aromatic carbocycles. The van der Waals surface area contributed by atoms with Crippen LogP contribution in [0.3, 0.4) is 0 Å². The quantitative estimate of drug-likeness (QED) is 0.703. The third kappa shape index (κ3) is 1.56. The van der Waals surface area contributed by atoms with Crippen LogP contribution in [0.5, 0.6) is 0 Å². The van der Waals surface area contributed by atoms with Crippen LogP contribution in [0.1, 0.15) is 11.1 Å². The minimum atomic E-state index is 0.909. The van der Waals surface area contributed by atoms with Crippen LogP contribution in [0.4, 0.5) is 0 Å². The minimum absolute atomic E-state index is 0.909. The molecule has 0 spiro atoms. The second-order valence-electron chi connectivity index (χ2n) is 3.61. The SMILES string of the molecule is [CH](c1ccccc1)c1cccc2[nH]nnc12. The molecule has 0 bridgehead atoms. The Morgan fingerprint density at radius 1 is 0.938 bits per heavy atom. The van der Waals surface area contributed by atoms with Crippen molar-refractivity contribution >= 4 is 11.0 Å². The highest BCUT2D eigenvalue weighted by molar-refractivity contribution is 5.79. The predicted molar refractivity (Wildman–Crippen MR) is 62.8 cm³/mol. The Morgan fingerprint density at radius 2 is 1.81 bits per heavy atom. The Labute approximate surface area is 93.1 Å². The van der Waals surface area contributed by atoms with Gasteiger partial charge in [-0.15, -0.1) is 5.10 Å². The maximum atomic E-state index is 4.08. The first kappa shape index (κ1) is 9.09. The van der Waals surface area contributed by atoms with Crippen molar-refractivity contribution in [2.24, 2.45) is 0 Å².